The Labute approximate surface area is 287 Å². The van der Waals surface area contributed by atoms with Crippen LogP contribution in [-0.4, -0.2) is 0 Å². The summed E-state index contributed by atoms with van der Waals surface area (Å²) in [6.45, 7) is 11.2. The van der Waals surface area contributed by atoms with Gasteiger partial charge in [-0.15, -0.1) is 6.42 Å². The third-order valence-corrected chi connectivity index (χ3v) is 9.53. The molecule has 0 aromatic heterocycles. The molecule has 5 aromatic carbocycles. The molecule has 0 N–H and O–H groups in total. The summed E-state index contributed by atoms with van der Waals surface area (Å²) in [5.41, 5.74) is 11.3. The van der Waals surface area contributed by atoms with E-state index in [-0.39, 0.29) is 11.3 Å². The molecule has 48 heavy (non-hydrogen) atoms. The molecule has 0 bridgehead atoms. The van der Waals surface area contributed by atoms with Crippen molar-refractivity contribution < 1.29 is 0 Å². The van der Waals surface area contributed by atoms with Gasteiger partial charge in [0.15, 0.2) is 0 Å². The zero-order chi connectivity index (χ0) is 33.7. The highest BCUT2D eigenvalue weighted by Gasteiger charge is 2.21. The van der Waals surface area contributed by atoms with E-state index in [4.69, 9.17) is 6.42 Å². The van der Waals surface area contributed by atoms with Crippen LogP contribution in [0.2, 0.25) is 0 Å². The van der Waals surface area contributed by atoms with Gasteiger partial charge in [-0.05, 0) is 91.8 Å². The number of hydrogen-bond acceptors (Lipinski definition) is 0. The van der Waals surface area contributed by atoms with Crippen LogP contribution < -0.4 is 0 Å². The van der Waals surface area contributed by atoms with E-state index >= 15 is 0 Å². The monoisotopic (exact) mass is 620 g/mol. The largest absolute Gasteiger partial charge is 0.119 e. The molecule has 236 valence electrons. The maximum absolute atomic E-state index is 6.13. The predicted octanol–water partition coefficient (Wildman–Crippen LogP) is 13.0. The molecule has 0 spiro atoms. The molecule has 1 aliphatic carbocycles. The summed E-state index contributed by atoms with van der Waals surface area (Å²) in [4.78, 5) is 0. The molecule has 6 rings (SSSR count). The lowest BCUT2D eigenvalue weighted by Gasteiger charge is -2.23. The van der Waals surface area contributed by atoms with Crippen LogP contribution >= 0.6 is 0 Å². The van der Waals surface area contributed by atoms with Crippen molar-refractivity contribution in [2.75, 3.05) is 0 Å². The first kappa shape index (κ1) is 32.6. The summed E-state index contributed by atoms with van der Waals surface area (Å²) < 4.78 is 0. The number of fused-ring (bicyclic) bond motifs is 3. The lowest BCUT2D eigenvalue weighted by molar-refractivity contribution is 0.506. The Morgan fingerprint density at radius 2 is 1.35 bits per heavy atom. The molecule has 0 heteroatoms. The molecular formula is C48H44. The van der Waals surface area contributed by atoms with Gasteiger partial charge in [0, 0.05) is 0 Å². The summed E-state index contributed by atoms with van der Waals surface area (Å²) in [6, 6.07) is 35.7. The molecule has 0 fully saturated rings. The van der Waals surface area contributed by atoms with Gasteiger partial charge >= 0.3 is 0 Å². The Morgan fingerprint density at radius 1 is 0.750 bits per heavy atom. The van der Waals surface area contributed by atoms with Crippen LogP contribution in [0.1, 0.15) is 56.9 Å². The maximum Gasteiger partial charge on any atom is 0.0572 e. The maximum atomic E-state index is 6.13. The van der Waals surface area contributed by atoms with E-state index in [2.05, 4.69) is 192 Å². The molecule has 0 saturated carbocycles. The second kappa shape index (κ2) is 14.2. The molecule has 5 aromatic rings. The number of terminal acetylenes is 1. The van der Waals surface area contributed by atoms with Gasteiger partial charge in [-0.2, -0.15) is 0 Å². The number of hydrogen-bond donors (Lipinski definition) is 0. The third kappa shape index (κ3) is 6.56. The van der Waals surface area contributed by atoms with Crippen molar-refractivity contribution in [2.45, 2.75) is 41.0 Å². The van der Waals surface area contributed by atoms with Crippen molar-refractivity contribution in [1.82, 2.24) is 0 Å². The lowest BCUT2D eigenvalue weighted by atomic mass is 9.81. The summed E-state index contributed by atoms with van der Waals surface area (Å²) >= 11 is 0. The van der Waals surface area contributed by atoms with Gasteiger partial charge in [0.05, 0.1) is 5.92 Å². The molecule has 0 saturated heterocycles. The molecule has 0 amide bonds. The lowest BCUT2D eigenvalue weighted by Crippen LogP contribution is -2.08. The minimum atomic E-state index is -0.138. The molecule has 1 unspecified atom stereocenters. The third-order valence-electron chi connectivity index (χ3n) is 9.53. The van der Waals surface area contributed by atoms with Gasteiger partial charge in [-0.1, -0.05) is 184 Å². The van der Waals surface area contributed by atoms with Crippen molar-refractivity contribution in [3.63, 3.8) is 0 Å². The normalized spacial score (nSPS) is 18.2. The van der Waals surface area contributed by atoms with Crippen LogP contribution in [0.5, 0.6) is 0 Å². The van der Waals surface area contributed by atoms with Crippen molar-refractivity contribution >= 4 is 32.7 Å². The summed E-state index contributed by atoms with van der Waals surface area (Å²) in [6.07, 6.45) is 26.3. The first-order chi connectivity index (χ1) is 23.3. The van der Waals surface area contributed by atoms with Gasteiger partial charge < -0.3 is 0 Å². The Hall–Kier alpha value is -5.38. The summed E-state index contributed by atoms with van der Waals surface area (Å²) in [5.74, 6) is 2.88. The standard InChI is InChI=1S/C48H44/c1-7-9-11-23-39(34(3)48(4,5)6)37-29-31-38(32-30-37)46-41-25-16-18-27-43(41)47(44-28-19-17-26-42(44)46)45-33-35(8-2)20-12-10-13-21-36-22-14-15-24-40(36)45/h2,7,9-20,22-33,35H,21H2,1,3-6H3/b9-7-,13-10-,20-12-,23-11-,39-34-,45-33+. The van der Waals surface area contributed by atoms with Crippen LogP contribution in [0, 0.1) is 23.7 Å². The highest BCUT2D eigenvalue weighted by Crippen LogP contribution is 2.44. The molecule has 1 aliphatic rings. The van der Waals surface area contributed by atoms with Gasteiger partial charge in [0.1, 0.15) is 0 Å². The Kier molecular flexibility index (Phi) is 9.61. The fourth-order valence-electron chi connectivity index (χ4n) is 6.72. The van der Waals surface area contributed by atoms with E-state index in [9.17, 15) is 0 Å². The Bertz CT molecular complexity index is 2130. The smallest absolute Gasteiger partial charge is 0.0572 e. The Morgan fingerprint density at radius 3 is 1.96 bits per heavy atom. The average Bonchev–Trinajstić information content (AvgIpc) is 3.10. The molecule has 0 aliphatic heterocycles. The molecule has 0 radical (unpaired) electrons. The second-order valence-electron chi connectivity index (χ2n) is 13.5. The number of allylic oxidation sites excluding steroid dienone is 11. The Balaban J connectivity index is 1.62. The fourth-order valence-corrected chi connectivity index (χ4v) is 6.72. The second-order valence-corrected chi connectivity index (χ2v) is 13.5. The van der Waals surface area contributed by atoms with Crippen molar-refractivity contribution in [3.05, 3.63) is 180 Å². The van der Waals surface area contributed by atoms with E-state index in [1.165, 1.54) is 71.6 Å². The number of benzene rings is 5. The van der Waals surface area contributed by atoms with Gasteiger partial charge in [-0.25, -0.2) is 0 Å². The SMILES string of the molecule is C#CC1/C=C\C=C/Cc2ccccc2/C(c2c3ccccc3c(-c3ccc(C(/C=C\C=C/C)=C(/C)C(C)(C)C)cc3)c3ccccc23)=C\1. The van der Waals surface area contributed by atoms with E-state index in [0.29, 0.717) is 0 Å². The van der Waals surface area contributed by atoms with E-state index in [1.54, 1.807) is 0 Å². The van der Waals surface area contributed by atoms with Crippen molar-refractivity contribution in [2.24, 2.45) is 11.3 Å². The minimum Gasteiger partial charge on any atom is -0.119 e. The topological polar surface area (TPSA) is 0 Å². The van der Waals surface area contributed by atoms with Crippen molar-refractivity contribution in [3.8, 4) is 23.5 Å². The van der Waals surface area contributed by atoms with Gasteiger partial charge in [0.2, 0.25) is 0 Å². The van der Waals surface area contributed by atoms with Crippen LogP contribution in [0.3, 0.4) is 0 Å². The first-order valence-electron chi connectivity index (χ1n) is 17.0. The fraction of sp³-hybridized carbons (Fsp3) is 0.167. The van der Waals surface area contributed by atoms with Gasteiger partial charge in [0.25, 0.3) is 0 Å². The zero-order valence-corrected chi connectivity index (χ0v) is 28.8. The number of rotatable bonds is 5. The molecule has 1 atom stereocenters. The highest BCUT2D eigenvalue weighted by atomic mass is 14.2. The first-order valence-corrected chi connectivity index (χ1v) is 17.0. The molecule has 0 heterocycles. The quantitative estimate of drug-likeness (QED) is 0.104. The summed E-state index contributed by atoms with van der Waals surface area (Å²) in [5, 5.41) is 4.91. The zero-order valence-electron chi connectivity index (χ0n) is 28.8. The van der Waals surface area contributed by atoms with E-state index < -0.39 is 0 Å². The van der Waals surface area contributed by atoms with Crippen molar-refractivity contribution in [1.29, 1.82) is 0 Å². The van der Waals surface area contributed by atoms with Crippen LogP contribution in [0.25, 0.3) is 43.8 Å². The summed E-state index contributed by atoms with van der Waals surface area (Å²) in [7, 11) is 0. The van der Waals surface area contributed by atoms with Crippen LogP contribution in [-0.2, 0) is 6.42 Å². The highest BCUT2D eigenvalue weighted by molar-refractivity contribution is 6.20. The van der Waals surface area contributed by atoms with Gasteiger partial charge in [-0.3, -0.25) is 0 Å². The van der Waals surface area contributed by atoms with E-state index in [1.807, 2.05) is 0 Å². The molecule has 0 nitrogen and oxygen atoms in total. The van der Waals surface area contributed by atoms with Crippen LogP contribution in [0.4, 0.5) is 0 Å². The minimum absolute atomic E-state index is 0.0590. The molecular weight excluding hydrogens is 577 g/mol. The average molecular weight is 621 g/mol. The predicted molar refractivity (Wildman–Crippen MR) is 211 cm³/mol. The van der Waals surface area contributed by atoms with E-state index in [0.717, 1.165) is 6.42 Å². The van der Waals surface area contributed by atoms with Crippen LogP contribution in [0.15, 0.2) is 157 Å².